The van der Waals surface area contributed by atoms with E-state index in [-0.39, 0.29) is 0 Å². The maximum absolute atomic E-state index is 5.89. The van der Waals surface area contributed by atoms with Crippen LogP contribution in [0.15, 0.2) is 11.2 Å². The summed E-state index contributed by atoms with van der Waals surface area (Å²) in [6.07, 6.45) is 1.93. The summed E-state index contributed by atoms with van der Waals surface area (Å²) < 4.78 is 0. The SMILES string of the molecule is CSc1nc(Cl)cc(NC(C)C(C)C)n1. The van der Waals surface area contributed by atoms with Crippen LogP contribution in [0.1, 0.15) is 20.8 Å². The number of aromatic nitrogens is 2. The van der Waals surface area contributed by atoms with E-state index >= 15 is 0 Å². The molecule has 1 unspecified atom stereocenters. The fourth-order valence-corrected chi connectivity index (χ4v) is 1.57. The van der Waals surface area contributed by atoms with Crippen LogP contribution < -0.4 is 5.32 Å². The second-order valence-electron chi connectivity index (χ2n) is 3.74. The lowest BCUT2D eigenvalue weighted by Gasteiger charge is -2.18. The van der Waals surface area contributed by atoms with Crippen molar-refractivity contribution in [3.05, 3.63) is 11.2 Å². The van der Waals surface area contributed by atoms with E-state index in [1.807, 2.05) is 6.26 Å². The standard InChI is InChI=1S/C10H16ClN3S/c1-6(2)7(3)12-9-5-8(11)13-10(14-9)15-4/h5-7H,1-4H3,(H,12,13,14). The van der Waals surface area contributed by atoms with Crippen LogP contribution in [-0.2, 0) is 0 Å². The van der Waals surface area contributed by atoms with Gasteiger partial charge in [0, 0.05) is 12.1 Å². The Morgan fingerprint density at radius 2 is 2.00 bits per heavy atom. The van der Waals surface area contributed by atoms with Gasteiger partial charge < -0.3 is 5.32 Å². The van der Waals surface area contributed by atoms with Gasteiger partial charge in [0.15, 0.2) is 5.16 Å². The van der Waals surface area contributed by atoms with Crippen LogP contribution in [0.3, 0.4) is 0 Å². The van der Waals surface area contributed by atoms with Crippen molar-refractivity contribution in [1.29, 1.82) is 0 Å². The molecule has 0 aliphatic rings. The minimum Gasteiger partial charge on any atom is -0.367 e. The maximum Gasteiger partial charge on any atom is 0.190 e. The summed E-state index contributed by atoms with van der Waals surface area (Å²) >= 11 is 7.37. The molecule has 3 nitrogen and oxygen atoms in total. The van der Waals surface area contributed by atoms with Gasteiger partial charge in [0.25, 0.3) is 0 Å². The molecule has 0 fully saturated rings. The van der Waals surface area contributed by atoms with Crippen molar-refractivity contribution in [2.24, 2.45) is 5.92 Å². The highest BCUT2D eigenvalue weighted by Crippen LogP contribution is 2.18. The van der Waals surface area contributed by atoms with Crippen LogP contribution in [0, 0.1) is 5.92 Å². The number of thioether (sulfide) groups is 1. The van der Waals surface area contributed by atoms with Crippen LogP contribution in [0.5, 0.6) is 0 Å². The van der Waals surface area contributed by atoms with E-state index in [1.165, 1.54) is 11.8 Å². The summed E-state index contributed by atoms with van der Waals surface area (Å²) in [4.78, 5) is 8.41. The Morgan fingerprint density at radius 1 is 1.33 bits per heavy atom. The van der Waals surface area contributed by atoms with E-state index in [9.17, 15) is 0 Å². The van der Waals surface area contributed by atoms with E-state index in [0.717, 1.165) is 5.82 Å². The van der Waals surface area contributed by atoms with Crippen molar-refractivity contribution in [3.63, 3.8) is 0 Å². The first-order valence-electron chi connectivity index (χ1n) is 4.88. The van der Waals surface area contributed by atoms with E-state index in [2.05, 4.69) is 36.1 Å². The largest absolute Gasteiger partial charge is 0.367 e. The molecule has 84 valence electrons. The van der Waals surface area contributed by atoms with Gasteiger partial charge in [-0.2, -0.15) is 0 Å². The minimum atomic E-state index is 0.366. The number of anilines is 1. The van der Waals surface area contributed by atoms with Gasteiger partial charge in [0.05, 0.1) is 0 Å². The molecule has 1 atom stereocenters. The summed E-state index contributed by atoms with van der Waals surface area (Å²) in [5, 5.41) is 4.48. The van der Waals surface area contributed by atoms with Gasteiger partial charge >= 0.3 is 0 Å². The zero-order chi connectivity index (χ0) is 11.4. The van der Waals surface area contributed by atoms with Gasteiger partial charge in [-0.15, -0.1) is 0 Å². The van der Waals surface area contributed by atoms with Crippen molar-refractivity contribution in [2.45, 2.75) is 32.0 Å². The number of hydrogen-bond donors (Lipinski definition) is 1. The zero-order valence-corrected chi connectivity index (χ0v) is 11.0. The molecule has 0 saturated carbocycles. The molecule has 1 heterocycles. The highest BCUT2D eigenvalue weighted by atomic mass is 35.5. The zero-order valence-electron chi connectivity index (χ0n) is 9.41. The number of nitrogens with one attached hydrogen (secondary N) is 1. The smallest absolute Gasteiger partial charge is 0.190 e. The van der Waals surface area contributed by atoms with Crippen LogP contribution >= 0.6 is 23.4 Å². The van der Waals surface area contributed by atoms with E-state index in [1.54, 1.807) is 6.07 Å². The summed E-state index contributed by atoms with van der Waals surface area (Å²) in [7, 11) is 0. The molecule has 0 radical (unpaired) electrons. The molecule has 0 aromatic carbocycles. The van der Waals surface area contributed by atoms with E-state index < -0.39 is 0 Å². The molecule has 0 aliphatic carbocycles. The molecular formula is C10H16ClN3S. The molecule has 15 heavy (non-hydrogen) atoms. The lowest BCUT2D eigenvalue weighted by Crippen LogP contribution is -2.22. The number of rotatable bonds is 4. The highest BCUT2D eigenvalue weighted by molar-refractivity contribution is 7.98. The van der Waals surface area contributed by atoms with Crippen LogP contribution in [0.25, 0.3) is 0 Å². The molecule has 1 aromatic rings. The molecule has 1 rings (SSSR count). The topological polar surface area (TPSA) is 37.8 Å². The number of hydrogen-bond acceptors (Lipinski definition) is 4. The van der Waals surface area contributed by atoms with Gasteiger partial charge in [0.1, 0.15) is 11.0 Å². The second kappa shape index (κ2) is 5.56. The first-order chi connectivity index (χ1) is 7.02. The Morgan fingerprint density at radius 3 is 2.53 bits per heavy atom. The predicted molar refractivity (Wildman–Crippen MR) is 66.7 cm³/mol. The number of nitrogens with zero attached hydrogens (tertiary/aromatic N) is 2. The first kappa shape index (κ1) is 12.6. The summed E-state index contributed by atoms with van der Waals surface area (Å²) in [6.45, 7) is 6.45. The molecule has 0 amide bonds. The van der Waals surface area contributed by atoms with Crippen molar-refractivity contribution in [1.82, 2.24) is 9.97 Å². The molecule has 1 N–H and O–H groups in total. The fourth-order valence-electron chi connectivity index (χ4n) is 0.962. The van der Waals surface area contributed by atoms with Crippen LogP contribution in [-0.4, -0.2) is 22.3 Å². The molecule has 0 aliphatic heterocycles. The van der Waals surface area contributed by atoms with Gasteiger partial charge in [-0.05, 0) is 19.1 Å². The van der Waals surface area contributed by atoms with Gasteiger partial charge in [-0.25, -0.2) is 9.97 Å². The molecule has 5 heteroatoms. The molecule has 1 aromatic heterocycles. The Balaban J connectivity index is 2.80. The summed E-state index contributed by atoms with van der Waals surface area (Å²) in [6, 6.07) is 2.12. The number of halogens is 1. The van der Waals surface area contributed by atoms with Crippen LogP contribution in [0.4, 0.5) is 5.82 Å². The fraction of sp³-hybridized carbons (Fsp3) is 0.600. The van der Waals surface area contributed by atoms with E-state index in [4.69, 9.17) is 11.6 Å². The maximum atomic E-state index is 5.89. The van der Waals surface area contributed by atoms with Gasteiger partial charge in [0.2, 0.25) is 0 Å². The Bertz CT molecular complexity index is 330. The Labute approximate surface area is 100 Å². The third-order valence-corrected chi connectivity index (χ3v) is 2.97. The third kappa shape index (κ3) is 3.87. The average molecular weight is 246 g/mol. The van der Waals surface area contributed by atoms with Crippen molar-refractivity contribution >= 4 is 29.2 Å². The summed E-state index contributed by atoms with van der Waals surface area (Å²) in [5.74, 6) is 1.34. The lowest BCUT2D eigenvalue weighted by atomic mass is 10.1. The third-order valence-electron chi connectivity index (χ3n) is 2.23. The van der Waals surface area contributed by atoms with E-state index in [0.29, 0.717) is 22.3 Å². The molecular weight excluding hydrogens is 230 g/mol. The lowest BCUT2D eigenvalue weighted by molar-refractivity contribution is 0.557. The summed E-state index contributed by atoms with van der Waals surface area (Å²) in [5.41, 5.74) is 0. The quantitative estimate of drug-likeness (QED) is 0.502. The Hall–Kier alpha value is -0.480. The highest BCUT2D eigenvalue weighted by Gasteiger charge is 2.09. The second-order valence-corrected chi connectivity index (χ2v) is 4.90. The molecule has 0 bridgehead atoms. The Kier molecular flexibility index (Phi) is 4.67. The van der Waals surface area contributed by atoms with Crippen molar-refractivity contribution in [3.8, 4) is 0 Å². The first-order valence-corrected chi connectivity index (χ1v) is 6.48. The average Bonchev–Trinajstić information content (AvgIpc) is 2.16. The minimum absolute atomic E-state index is 0.366. The van der Waals surface area contributed by atoms with Gasteiger partial charge in [-0.1, -0.05) is 37.2 Å². The molecule has 0 spiro atoms. The van der Waals surface area contributed by atoms with Crippen molar-refractivity contribution < 1.29 is 0 Å². The predicted octanol–water partition coefficient (Wildman–Crippen LogP) is 3.31. The monoisotopic (exact) mass is 245 g/mol. The normalized spacial score (nSPS) is 12.9. The van der Waals surface area contributed by atoms with Crippen molar-refractivity contribution in [2.75, 3.05) is 11.6 Å². The molecule has 0 saturated heterocycles. The van der Waals surface area contributed by atoms with Crippen LogP contribution in [0.2, 0.25) is 5.15 Å². The van der Waals surface area contributed by atoms with Gasteiger partial charge in [-0.3, -0.25) is 0 Å².